The molecule has 10 rings (SSSR count). The Kier molecular flexibility index (Phi) is 7.72. The third kappa shape index (κ3) is 5.18. The number of hydrogen-bond acceptors (Lipinski definition) is 4. The predicted molar refractivity (Wildman–Crippen MR) is 243 cm³/mol. The van der Waals surface area contributed by atoms with E-state index in [1.807, 2.05) is 0 Å². The van der Waals surface area contributed by atoms with Gasteiger partial charge in [0.15, 0.2) is 0 Å². The smallest absolute Gasteiger partial charge is 0.0944 e. The van der Waals surface area contributed by atoms with E-state index in [-0.39, 0.29) is 21.8 Å². The SMILES string of the molecule is Cc1cc2c3c(c1)N1c4c(cccc4C4(C)CCCCC14C)N3c1ccc(N(c3ccc(C(C)(C)C)cc3)c3ccc(C(C)(C)C)cc3)cc1N2c1ccccc1. The van der Waals surface area contributed by atoms with Gasteiger partial charge in [-0.25, -0.2) is 0 Å². The lowest BCUT2D eigenvalue weighted by Gasteiger charge is -2.53. The van der Waals surface area contributed by atoms with Crippen molar-refractivity contribution in [2.75, 3.05) is 19.6 Å². The average Bonchev–Trinajstić information content (AvgIpc) is 3.40. The molecular weight excluding hydrogens is 693 g/mol. The maximum atomic E-state index is 2.78. The maximum Gasteiger partial charge on any atom is 0.0944 e. The van der Waals surface area contributed by atoms with Crippen LogP contribution in [-0.4, -0.2) is 5.54 Å². The zero-order chi connectivity index (χ0) is 39.6. The zero-order valence-corrected chi connectivity index (χ0v) is 35.2. The van der Waals surface area contributed by atoms with Crippen molar-refractivity contribution >= 4 is 62.6 Å². The summed E-state index contributed by atoms with van der Waals surface area (Å²) in [5, 5.41) is 0. The minimum absolute atomic E-state index is 0.00930. The van der Waals surface area contributed by atoms with Crippen LogP contribution in [0, 0.1) is 6.92 Å². The van der Waals surface area contributed by atoms with Gasteiger partial charge in [-0.15, -0.1) is 0 Å². The van der Waals surface area contributed by atoms with Crippen LogP contribution in [0.3, 0.4) is 0 Å². The number of nitrogens with zero attached hydrogens (tertiary/aromatic N) is 4. The summed E-state index contributed by atoms with van der Waals surface area (Å²) in [5.74, 6) is 0. The molecule has 0 aromatic heterocycles. The van der Waals surface area contributed by atoms with Crippen molar-refractivity contribution < 1.29 is 0 Å². The van der Waals surface area contributed by atoms with E-state index >= 15 is 0 Å². The number of para-hydroxylation sites is 2. The molecule has 0 radical (unpaired) electrons. The number of fused-ring (bicyclic) bond motifs is 7. The summed E-state index contributed by atoms with van der Waals surface area (Å²) in [6, 6.07) is 48.5. The second kappa shape index (κ2) is 12.3. The molecule has 1 fully saturated rings. The Hall–Kier alpha value is -5.48. The Balaban J connectivity index is 1.22. The van der Waals surface area contributed by atoms with Crippen LogP contribution in [0.1, 0.15) is 103 Å². The first kappa shape index (κ1) is 35.9. The van der Waals surface area contributed by atoms with Gasteiger partial charge in [-0.05, 0) is 133 Å². The molecular formula is C53H56N4. The zero-order valence-electron chi connectivity index (χ0n) is 35.2. The first-order valence-corrected chi connectivity index (χ1v) is 21.1. The van der Waals surface area contributed by atoms with E-state index in [0.717, 1.165) is 22.7 Å². The summed E-state index contributed by atoms with van der Waals surface area (Å²) in [6.45, 7) is 21.1. The molecule has 4 nitrogen and oxygen atoms in total. The van der Waals surface area contributed by atoms with Crippen LogP contribution in [0.5, 0.6) is 0 Å². The van der Waals surface area contributed by atoms with Crippen LogP contribution in [0.2, 0.25) is 0 Å². The maximum absolute atomic E-state index is 2.78. The van der Waals surface area contributed by atoms with Gasteiger partial charge in [-0.1, -0.05) is 116 Å². The number of anilines is 11. The fourth-order valence-electron chi connectivity index (χ4n) is 10.7. The highest BCUT2D eigenvalue weighted by Gasteiger charge is 2.60. The Morgan fingerprint density at radius 3 is 1.74 bits per heavy atom. The van der Waals surface area contributed by atoms with Crippen molar-refractivity contribution in [3.05, 3.63) is 150 Å². The lowest BCUT2D eigenvalue weighted by molar-refractivity contribution is 0.195. The minimum Gasteiger partial charge on any atom is -0.331 e. The van der Waals surface area contributed by atoms with Crippen LogP contribution in [0.15, 0.2) is 127 Å². The molecule has 6 aromatic carbocycles. The fourth-order valence-corrected chi connectivity index (χ4v) is 10.7. The van der Waals surface area contributed by atoms with E-state index < -0.39 is 0 Å². The largest absolute Gasteiger partial charge is 0.331 e. The lowest BCUT2D eigenvalue weighted by Crippen LogP contribution is -2.55. The van der Waals surface area contributed by atoms with Crippen LogP contribution in [-0.2, 0) is 16.2 Å². The van der Waals surface area contributed by atoms with Gasteiger partial charge in [0.1, 0.15) is 0 Å². The van der Waals surface area contributed by atoms with E-state index in [0.29, 0.717) is 0 Å². The molecule has 4 heteroatoms. The number of hydrogen-bond donors (Lipinski definition) is 0. The predicted octanol–water partition coefficient (Wildman–Crippen LogP) is 15.4. The highest BCUT2D eigenvalue weighted by molar-refractivity contribution is 6.13. The topological polar surface area (TPSA) is 13.0 Å². The van der Waals surface area contributed by atoms with Gasteiger partial charge in [0.05, 0.1) is 45.4 Å². The number of rotatable bonds is 4. The van der Waals surface area contributed by atoms with Crippen molar-refractivity contribution in [1.29, 1.82) is 0 Å². The molecule has 4 aliphatic rings. The summed E-state index contributed by atoms with van der Waals surface area (Å²) in [5.41, 5.74) is 19.1. The summed E-state index contributed by atoms with van der Waals surface area (Å²) in [4.78, 5) is 10.3. The van der Waals surface area contributed by atoms with E-state index in [2.05, 4.69) is 209 Å². The highest BCUT2D eigenvalue weighted by Crippen LogP contribution is 2.70. The Bertz CT molecular complexity index is 2480. The molecule has 1 aliphatic carbocycles. The Labute approximate surface area is 340 Å². The van der Waals surface area contributed by atoms with Crippen LogP contribution >= 0.6 is 0 Å². The molecule has 1 saturated carbocycles. The summed E-state index contributed by atoms with van der Waals surface area (Å²) >= 11 is 0. The Morgan fingerprint density at radius 2 is 1.11 bits per heavy atom. The number of benzene rings is 6. The van der Waals surface area contributed by atoms with Gasteiger partial charge < -0.3 is 19.6 Å². The third-order valence-corrected chi connectivity index (χ3v) is 14.0. The molecule has 6 aromatic rings. The van der Waals surface area contributed by atoms with Crippen molar-refractivity contribution in [3.8, 4) is 0 Å². The third-order valence-electron chi connectivity index (χ3n) is 14.0. The molecule has 2 unspecified atom stereocenters. The molecule has 288 valence electrons. The molecule has 2 atom stereocenters. The lowest BCUT2D eigenvalue weighted by atomic mass is 9.61. The van der Waals surface area contributed by atoms with Gasteiger partial charge >= 0.3 is 0 Å². The molecule has 0 amide bonds. The van der Waals surface area contributed by atoms with Crippen molar-refractivity contribution in [2.24, 2.45) is 0 Å². The molecule has 0 spiro atoms. The van der Waals surface area contributed by atoms with Crippen LogP contribution in [0.25, 0.3) is 0 Å². The molecule has 3 heterocycles. The van der Waals surface area contributed by atoms with Crippen molar-refractivity contribution in [3.63, 3.8) is 0 Å². The molecule has 0 N–H and O–H groups in total. The van der Waals surface area contributed by atoms with Gasteiger partial charge in [0.2, 0.25) is 0 Å². The second-order valence-electron chi connectivity index (χ2n) is 19.6. The summed E-state index contributed by atoms with van der Waals surface area (Å²) in [7, 11) is 0. The molecule has 3 aliphatic heterocycles. The quantitative estimate of drug-likeness (QED) is 0.178. The monoisotopic (exact) mass is 748 g/mol. The standard InChI is InChI=1S/C53H56N4/c1-35-32-46-49-47(33-35)57-48-42(52(8)30-13-14-31-53(52,57)9)18-15-19-44(48)56(49)43-29-28-41(34-45(43)55(46)38-16-11-10-12-17-38)54(39-24-20-36(21-25-39)50(2,3)4)40-26-22-37(23-27-40)51(5,6)7/h10-12,15-29,32-34H,13-14,30-31H2,1-9H3. The first-order chi connectivity index (χ1) is 27.2. The molecule has 0 saturated heterocycles. The number of aryl methyl sites for hydroxylation is 1. The van der Waals surface area contributed by atoms with E-state index in [4.69, 9.17) is 0 Å². The fraction of sp³-hybridized carbons (Fsp3) is 0.321. The van der Waals surface area contributed by atoms with Gasteiger partial charge in [0, 0.05) is 28.2 Å². The Morgan fingerprint density at radius 1 is 0.509 bits per heavy atom. The van der Waals surface area contributed by atoms with E-state index in [9.17, 15) is 0 Å². The van der Waals surface area contributed by atoms with Crippen molar-refractivity contribution in [1.82, 2.24) is 0 Å². The van der Waals surface area contributed by atoms with Crippen LogP contribution < -0.4 is 19.6 Å². The minimum atomic E-state index is -0.00930. The average molecular weight is 749 g/mol. The van der Waals surface area contributed by atoms with Crippen LogP contribution in [0.4, 0.5) is 62.6 Å². The van der Waals surface area contributed by atoms with E-state index in [1.165, 1.54) is 87.7 Å². The van der Waals surface area contributed by atoms with E-state index in [1.54, 1.807) is 0 Å². The molecule has 0 bridgehead atoms. The van der Waals surface area contributed by atoms with Crippen molar-refractivity contribution in [2.45, 2.75) is 110 Å². The highest BCUT2D eigenvalue weighted by atomic mass is 15.4. The van der Waals surface area contributed by atoms with Gasteiger partial charge in [-0.3, -0.25) is 0 Å². The second-order valence-corrected chi connectivity index (χ2v) is 19.6. The molecule has 57 heavy (non-hydrogen) atoms. The van der Waals surface area contributed by atoms with Gasteiger partial charge in [0.25, 0.3) is 0 Å². The summed E-state index contributed by atoms with van der Waals surface area (Å²) in [6.07, 6.45) is 4.94. The summed E-state index contributed by atoms with van der Waals surface area (Å²) < 4.78 is 0. The normalized spacial score (nSPS) is 20.5. The first-order valence-electron chi connectivity index (χ1n) is 21.1. The van der Waals surface area contributed by atoms with Gasteiger partial charge in [-0.2, -0.15) is 0 Å².